The Bertz CT molecular complexity index is 393. The molecule has 1 aromatic heterocycles. The summed E-state index contributed by atoms with van der Waals surface area (Å²) in [5.41, 5.74) is 0. The number of rotatable bonds is 6. The second-order valence-electron chi connectivity index (χ2n) is 3.96. The topological polar surface area (TPSA) is 76.1 Å². The Labute approximate surface area is 99.8 Å². The fourth-order valence-corrected chi connectivity index (χ4v) is 1.38. The monoisotopic (exact) mass is 236 g/mol. The van der Waals surface area contributed by atoms with Crippen LogP contribution in [0.5, 0.6) is 5.88 Å². The zero-order chi connectivity index (χ0) is 12.1. The first-order chi connectivity index (χ1) is 8.28. The van der Waals surface area contributed by atoms with Gasteiger partial charge in [0.1, 0.15) is 12.1 Å². The Balaban J connectivity index is 1.71. The van der Waals surface area contributed by atoms with Gasteiger partial charge in [0.2, 0.25) is 11.8 Å². The molecule has 1 fully saturated rings. The predicted octanol–water partition coefficient (Wildman–Crippen LogP) is 0.566. The van der Waals surface area contributed by atoms with E-state index in [0.29, 0.717) is 30.7 Å². The largest absolute Gasteiger partial charge is 0.481 e. The van der Waals surface area contributed by atoms with Crippen LogP contribution in [0.4, 0.5) is 5.82 Å². The van der Waals surface area contributed by atoms with Crippen LogP contribution >= 0.6 is 0 Å². The SMILES string of the molecule is COc1cc(NCCC(=O)NC2CC2)ncn1. The van der Waals surface area contributed by atoms with Gasteiger partial charge in [0.15, 0.2) is 0 Å². The zero-order valence-corrected chi connectivity index (χ0v) is 9.77. The Morgan fingerprint density at radius 2 is 2.35 bits per heavy atom. The summed E-state index contributed by atoms with van der Waals surface area (Å²) in [5, 5.41) is 5.98. The maximum Gasteiger partial charge on any atom is 0.221 e. The van der Waals surface area contributed by atoms with Crippen LogP contribution in [0, 0.1) is 0 Å². The van der Waals surface area contributed by atoms with Gasteiger partial charge in [0.05, 0.1) is 7.11 Å². The summed E-state index contributed by atoms with van der Waals surface area (Å²) < 4.78 is 4.97. The Kier molecular flexibility index (Phi) is 3.74. The fourth-order valence-electron chi connectivity index (χ4n) is 1.38. The maximum absolute atomic E-state index is 11.4. The van der Waals surface area contributed by atoms with Crippen LogP contribution in [0.3, 0.4) is 0 Å². The molecule has 0 bridgehead atoms. The van der Waals surface area contributed by atoms with Crippen molar-refractivity contribution in [3.63, 3.8) is 0 Å². The number of ether oxygens (including phenoxy) is 1. The summed E-state index contributed by atoms with van der Waals surface area (Å²) >= 11 is 0. The van der Waals surface area contributed by atoms with Crippen molar-refractivity contribution in [2.75, 3.05) is 19.0 Å². The fraction of sp³-hybridized carbons (Fsp3) is 0.545. The number of nitrogens with zero attached hydrogens (tertiary/aromatic N) is 2. The highest BCUT2D eigenvalue weighted by Crippen LogP contribution is 2.18. The molecule has 2 rings (SSSR count). The van der Waals surface area contributed by atoms with Crippen LogP contribution in [-0.4, -0.2) is 35.6 Å². The molecule has 1 saturated carbocycles. The van der Waals surface area contributed by atoms with Crippen LogP contribution in [0.2, 0.25) is 0 Å². The van der Waals surface area contributed by atoms with Gasteiger partial charge in [0.25, 0.3) is 0 Å². The summed E-state index contributed by atoms with van der Waals surface area (Å²) in [6, 6.07) is 2.11. The minimum atomic E-state index is 0.0843. The van der Waals surface area contributed by atoms with Crippen LogP contribution in [0.15, 0.2) is 12.4 Å². The van der Waals surface area contributed by atoms with Crippen molar-refractivity contribution in [2.45, 2.75) is 25.3 Å². The third kappa shape index (κ3) is 3.90. The molecule has 6 heteroatoms. The van der Waals surface area contributed by atoms with Crippen molar-refractivity contribution >= 4 is 11.7 Å². The summed E-state index contributed by atoms with van der Waals surface area (Å²) in [6.07, 6.45) is 4.10. The van der Waals surface area contributed by atoms with E-state index in [-0.39, 0.29) is 5.91 Å². The highest BCUT2D eigenvalue weighted by molar-refractivity contribution is 5.77. The quantitative estimate of drug-likeness (QED) is 0.755. The van der Waals surface area contributed by atoms with E-state index in [2.05, 4.69) is 20.6 Å². The minimum Gasteiger partial charge on any atom is -0.481 e. The molecular weight excluding hydrogens is 220 g/mol. The lowest BCUT2D eigenvalue weighted by Gasteiger charge is -2.06. The molecule has 0 atom stereocenters. The normalized spacial score (nSPS) is 14.2. The van der Waals surface area contributed by atoms with E-state index in [1.165, 1.54) is 6.33 Å². The van der Waals surface area contributed by atoms with Gasteiger partial charge in [-0.25, -0.2) is 9.97 Å². The van der Waals surface area contributed by atoms with E-state index < -0.39 is 0 Å². The molecule has 1 amide bonds. The first-order valence-electron chi connectivity index (χ1n) is 5.67. The van der Waals surface area contributed by atoms with Crippen molar-refractivity contribution in [3.8, 4) is 5.88 Å². The van der Waals surface area contributed by atoms with E-state index >= 15 is 0 Å². The van der Waals surface area contributed by atoms with Crippen LogP contribution in [0.1, 0.15) is 19.3 Å². The van der Waals surface area contributed by atoms with Crippen molar-refractivity contribution in [1.29, 1.82) is 0 Å². The van der Waals surface area contributed by atoms with E-state index in [4.69, 9.17) is 4.74 Å². The number of carbonyl (C=O) groups is 1. The molecular formula is C11H16N4O2. The lowest BCUT2D eigenvalue weighted by atomic mass is 10.4. The molecule has 6 nitrogen and oxygen atoms in total. The van der Waals surface area contributed by atoms with Crippen LogP contribution < -0.4 is 15.4 Å². The number of carbonyl (C=O) groups excluding carboxylic acids is 1. The van der Waals surface area contributed by atoms with E-state index in [9.17, 15) is 4.79 Å². The summed E-state index contributed by atoms with van der Waals surface area (Å²) in [7, 11) is 1.55. The summed E-state index contributed by atoms with van der Waals surface area (Å²) in [6.45, 7) is 0.554. The molecule has 0 aliphatic heterocycles. The standard InChI is InChI=1S/C11H16N4O2/c1-17-11-6-9(13-7-14-11)12-5-4-10(16)15-8-2-3-8/h6-8H,2-5H2,1H3,(H,15,16)(H,12,13,14). The number of methoxy groups -OCH3 is 1. The third-order valence-electron chi connectivity index (χ3n) is 2.45. The van der Waals surface area contributed by atoms with E-state index in [1.807, 2.05) is 0 Å². The molecule has 1 heterocycles. The average Bonchev–Trinajstić information content (AvgIpc) is 3.13. The molecule has 0 unspecified atom stereocenters. The Morgan fingerprint density at radius 3 is 3.06 bits per heavy atom. The molecule has 17 heavy (non-hydrogen) atoms. The first kappa shape index (κ1) is 11.6. The predicted molar refractivity (Wildman–Crippen MR) is 62.9 cm³/mol. The number of hydrogen-bond donors (Lipinski definition) is 2. The number of anilines is 1. The van der Waals surface area contributed by atoms with Gasteiger partial charge in [-0.3, -0.25) is 4.79 Å². The second-order valence-corrected chi connectivity index (χ2v) is 3.96. The van der Waals surface area contributed by atoms with E-state index in [0.717, 1.165) is 12.8 Å². The number of hydrogen-bond acceptors (Lipinski definition) is 5. The third-order valence-corrected chi connectivity index (χ3v) is 2.45. The highest BCUT2D eigenvalue weighted by atomic mass is 16.5. The van der Waals surface area contributed by atoms with Crippen molar-refractivity contribution < 1.29 is 9.53 Å². The lowest BCUT2D eigenvalue weighted by molar-refractivity contribution is -0.120. The van der Waals surface area contributed by atoms with Crippen LogP contribution in [-0.2, 0) is 4.79 Å². The van der Waals surface area contributed by atoms with Crippen molar-refractivity contribution in [2.24, 2.45) is 0 Å². The highest BCUT2D eigenvalue weighted by Gasteiger charge is 2.22. The van der Waals surface area contributed by atoms with Crippen LogP contribution in [0.25, 0.3) is 0 Å². The summed E-state index contributed by atoms with van der Waals surface area (Å²) in [4.78, 5) is 19.3. The van der Waals surface area contributed by atoms with E-state index in [1.54, 1.807) is 13.2 Å². The summed E-state index contributed by atoms with van der Waals surface area (Å²) in [5.74, 6) is 1.25. The Hall–Kier alpha value is -1.85. The smallest absolute Gasteiger partial charge is 0.221 e. The van der Waals surface area contributed by atoms with Gasteiger partial charge in [-0.1, -0.05) is 0 Å². The molecule has 0 saturated heterocycles. The van der Waals surface area contributed by atoms with Gasteiger partial charge < -0.3 is 15.4 Å². The number of nitrogens with one attached hydrogen (secondary N) is 2. The molecule has 2 N–H and O–H groups in total. The van der Waals surface area contributed by atoms with Gasteiger partial charge in [0, 0.05) is 25.1 Å². The second kappa shape index (κ2) is 5.47. The number of amides is 1. The van der Waals surface area contributed by atoms with Gasteiger partial charge in [-0.2, -0.15) is 0 Å². The maximum atomic E-state index is 11.4. The van der Waals surface area contributed by atoms with Gasteiger partial charge in [-0.15, -0.1) is 0 Å². The molecule has 0 spiro atoms. The lowest BCUT2D eigenvalue weighted by Crippen LogP contribution is -2.27. The van der Waals surface area contributed by atoms with Gasteiger partial charge in [-0.05, 0) is 12.8 Å². The van der Waals surface area contributed by atoms with Crippen molar-refractivity contribution in [1.82, 2.24) is 15.3 Å². The average molecular weight is 236 g/mol. The minimum absolute atomic E-state index is 0.0843. The Morgan fingerprint density at radius 1 is 1.53 bits per heavy atom. The zero-order valence-electron chi connectivity index (χ0n) is 9.77. The van der Waals surface area contributed by atoms with Gasteiger partial charge >= 0.3 is 0 Å². The molecule has 0 aromatic carbocycles. The number of aromatic nitrogens is 2. The molecule has 92 valence electrons. The van der Waals surface area contributed by atoms with Crippen molar-refractivity contribution in [3.05, 3.63) is 12.4 Å². The first-order valence-corrected chi connectivity index (χ1v) is 5.67. The molecule has 1 aliphatic carbocycles. The molecule has 0 radical (unpaired) electrons. The molecule has 1 aromatic rings. The molecule has 1 aliphatic rings.